The molecule has 0 aliphatic carbocycles. The molecule has 1 amide bonds. The fourth-order valence-corrected chi connectivity index (χ4v) is 3.12. The number of amides is 1. The number of imidazole rings is 1. The Hall–Kier alpha value is -2.37. The normalized spacial score (nSPS) is 24.4. The number of nitrogens with zero attached hydrogens (tertiary/aromatic N) is 3. The number of aryl methyl sites for hydroxylation is 1. The number of rotatable bonds is 1. The molecule has 6 nitrogen and oxygen atoms in total. The first-order chi connectivity index (χ1) is 10.1. The zero-order chi connectivity index (χ0) is 14.6. The van der Waals surface area contributed by atoms with Crippen LogP contribution >= 0.6 is 0 Å². The van der Waals surface area contributed by atoms with E-state index in [0.29, 0.717) is 25.4 Å². The number of fused-ring (bicyclic) bond motifs is 2. The van der Waals surface area contributed by atoms with E-state index in [-0.39, 0.29) is 23.7 Å². The molecule has 0 saturated carbocycles. The molecule has 2 saturated heterocycles. The maximum atomic E-state index is 12.5. The molecule has 4 heterocycles. The highest BCUT2D eigenvalue weighted by atomic mass is 16.5. The van der Waals surface area contributed by atoms with Crippen molar-refractivity contribution in [3.8, 4) is 0 Å². The van der Waals surface area contributed by atoms with Crippen molar-refractivity contribution in [1.29, 1.82) is 0 Å². The summed E-state index contributed by atoms with van der Waals surface area (Å²) in [6, 6.07) is 3.91. The van der Waals surface area contributed by atoms with Crippen LogP contribution in [0.3, 0.4) is 0 Å². The van der Waals surface area contributed by atoms with Gasteiger partial charge in [0.1, 0.15) is 11.3 Å². The number of hydrogen-bond donors (Lipinski definition) is 0. The monoisotopic (exact) mass is 285 g/mol. The van der Waals surface area contributed by atoms with Crippen LogP contribution in [0.2, 0.25) is 0 Å². The third-order valence-electron chi connectivity index (χ3n) is 4.31. The molecule has 0 N–H and O–H groups in total. The second kappa shape index (κ2) is 4.31. The molecular weight excluding hydrogens is 270 g/mol. The number of aromatic nitrogens is 2. The second-order valence-electron chi connectivity index (χ2n) is 5.80. The van der Waals surface area contributed by atoms with Crippen LogP contribution in [0, 0.1) is 18.8 Å². The molecule has 2 aliphatic heterocycles. The molecular formula is C15H15N3O3. The summed E-state index contributed by atoms with van der Waals surface area (Å²) < 4.78 is 6.86. The van der Waals surface area contributed by atoms with Gasteiger partial charge in [0.05, 0.1) is 12.5 Å². The highest BCUT2D eigenvalue weighted by Crippen LogP contribution is 2.31. The summed E-state index contributed by atoms with van der Waals surface area (Å²) in [6.07, 6.45) is 3.63. The predicted octanol–water partition coefficient (Wildman–Crippen LogP) is 0.888. The third kappa shape index (κ3) is 1.90. The highest BCUT2D eigenvalue weighted by molar-refractivity contribution is 5.93. The van der Waals surface area contributed by atoms with E-state index in [2.05, 4.69) is 4.98 Å². The topological polar surface area (TPSA) is 63.9 Å². The van der Waals surface area contributed by atoms with Crippen LogP contribution in [0.4, 0.5) is 0 Å². The summed E-state index contributed by atoms with van der Waals surface area (Å²) in [5, 5.41) is 0. The third-order valence-corrected chi connectivity index (χ3v) is 4.31. The van der Waals surface area contributed by atoms with Gasteiger partial charge in [0.25, 0.3) is 5.91 Å². The van der Waals surface area contributed by atoms with Crippen molar-refractivity contribution in [3.05, 3.63) is 35.8 Å². The molecule has 2 fully saturated rings. The summed E-state index contributed by atoms with van der Waals surface area (Å²) in [4.78, 5) is 30.2. The number of pyridine rings is 1. The number of esters is 1. The van der Waals surface area contributed by atoms with Crippen molar-refractivity contribution < 1.29 is 14.3 Å². The fourth-order valence-electron chi connectivity index (χ4n) is 3.12. The number of likely N-dealkylation sites (tertiary alicyclic amines) is 1. The molecule has 2 aromatic rings. The van der Waals surface area contributed by atoms with Crippen molar-refractivity contribution in [2.75, 3.05) is 19.7 Å². The molecule has 0 spiro atoms. The number of carbonyl (C=O) groups is 2. The molecule has 108 valence electrons. The van der Waals surface area contributed by atoms with Crippen molar-refractivity contribution in [2.24, 2.45) is 11.8 Å². The minimum absolute atomic E-state index is 0.112. The van der Waals surface area contributed by atoms with E-state index in [4.69, 9.17) is 4.74 Å². The molecule has 6 heteroatoms. The minimum Gasteiger partial charge on any atom is -0.465 e. The van der Waals surface area contributed by atoms with Crippen LogP contribution in [-0.2, 0) is 9.53 Å². The molecule has 0 radical (unpaired) electrons. The Balaban J connectivity index is 1.60. The molecule has 0 bridgehead atoms. The quantitative estimate of drug-likeness (QED) is 0.730. The van der Waals surface area contributed by atoms with Crippen molar-refractivity contribution in [2.45, 2.75) is 6.92 Å². The fraction of sp³-hybridized carbons (Fsp3) is 0.400. The minimum atomic E-state index is -0.180. The zero-order valence-electron chi connectivity index (χ0n) is 11.7. The Kier molecular flexibility index (Phi) is 2.54. The Morgan fingerprint density at radius 2 is 2.29 bits per heavy atom. The molecule has 0 unspecified atom stereocenters. The van der Waals surface area contributed by atoms with Gasteiger partial charge in [-0.3, -0.25) is 9.59 Å². The Bertz CT molecular complexity index is 752. The Morgan fingerprint density at radius 3 is 3.10 bits per heavy atom. The number of ether oxygens (including phenoxy) is 1. The highest BCUT2D eigenvalue weighted by Gasteiger charge is 2.45. The van der Waals surface area contributed by atoms with Gasteiger partial charge in [0, 0.05) is 31.4 Å². The number of carbonyl (C=O) groups excluding carboxylic acids is 2. The van der Waals surface area contributed by atoms with Crippen molar-refractivity contribution >= 4 is 17.5 Å². The van der Waals surface area contributed by atoms with Gasteiger partial charge in [0.15, 0.2) is 0 Å². The first-order valence-electron chi connectivity index (χ1n) is 7.03. The SMILES string of the molecule is Cc1ccn2cc(C(=O)N3C[C@@H]4COC(=O)[C@@H]4C3)nc2c1. The van der Waals surface area contributed by atoms with Crippen LogP contribution in [0.25, 0.3) is 5.65 Å². The van der Waals surface area contributed by atoms with E-state index in [1.54, 1.807) is 11.1 Å². The first-order valence-corrected chi connectivity index (χ1v) is 7.03. The second-order valence-corrected chi connectivity index (χ2v) is 5.80. The largest absolute Gasteiger partial charge is 0.465 e. The van der Waals surface area contributed by atoms with Gasteiger partial charge in [-0.1, -0.05) is 0 Å². The summed E-state index contributed by atoms with van der Waals surface area (Å²) >= 11 is 0. The summed E-state index contributed by atoms with van der Waals surface area (Å²) in [5.41, 5.74) is 2.29. The van der Waals surface area contributed by atoms with Gasteiger partial charge in [-0.15, -0.1) is 0 Å². The summed E-state index contributed by atoms with van der Waals surface area (Å²) in [5.74, 6) is -0.312. The maximum Gasteiger partial charge on any atom is 0.311 e. The predicted molar refractivity (Wildman–Crippen MR) is 73.8 cm³/mol. The van der Waals surface area contributed by atoms with Gasteiger partial charge < -0.3 is 14.0 Å². The van der Waals surface area contributed by atoms with Crippen LogP contribution in [0.1, 0.15) is 16.1 Å². The van der Waals surface area contributed by atoms with Gasteiger partial charge in [0.2, 0.25) is 0 Å². The van der Waals surface area contributed by atoms with Gasteiger partial charge in [-0.25, -0.2) is 4.98 Å². The summed E-state index contributed by atoms with van der Waals surface area (Å²) in [7, 11) is 0. The van der Waals surface area contributed by atoms with Crippen LogP contribution in [-0.4, -0.2) is 45.9 Å². The molecule has 2 aliphatic rings. The van der Waals surface area contributed by atoms with Gasteiger partial charge >= 0.3 is 5.97 Å². The Morgan fingerprint density at radius 1 is 1.43 bits per heavy atom. The smallest absolute Gasteiger partial charge is 0.311 e. The standard InChI is InChI=1S/C15H15N3O3/c1-9-2-3-17-7-12(16-13(17)4-9)14(19)18-5-10-8-21-15(20)11(10)6-18/h2-4,7,10-11H,5-6,8H2,1H3/t10-,11-/m1/s1. The average Bonchev–Trinajstić information content (AvgIpc) is 3.13. The van der Waals surface area contributed by atoms with E-state index in [9.17, 15) is 9.59 Å². The van der Waals surface area contributed by atoms with E-state index in [1.807, 2.05) is 29.7 Å². The van der Waals surface area contributed by atoms with E-state index >= 15 is 0 Å². The van der Waals surface area contributed by atoms with Gasteiger partial charge in [-0.2, -0.15) is 0 Å². The lowest BCUT2D eigenvalue weighted by Gasteiger charge is -2.15. The molecule has 2 atom stereocenters. The number of cyclic esters (lactones) is 1. The molecule has 2 aromatic heterocycles. The van der Waals surface area contributed by atoms with Crippen LogP contribution < -0.4 is 0 Å². The van der Waals surface area contributed by atoms with Crippen molar-refractivity contribution in [3.63, 3.8) is 0 Å². The summed E-state index contributed by atoms with van der Waals surface area (Å²) in [6.45, 7) is 3.43. The molecule has 21 heavy (non-hydrogen) atoms. The lowest BCUT2D eigenvalue weighted by atomic mass is 10.0. The number of hydrogen-bond acceptors (Lipinski definition) is 4. The molecule has 0 aromatic carbocycles. The first kappa shape index (κ1) is 12.4. The zero-order valence-corrected chi connectivity index (χ0v) is 11.7. The maximum absolute atomic E-state index is 12.5. The van der Waals surface area contributed by atoms with E-state index in [1.165, 1.54) is 0 Å². The van der Waals surface area contributed by atoms with Crippen LogP contribution in [0.15, 0.2) is 24.5 Å². The average molecular weight is 285 g/mol. The van der Waals surface area contributed by atoms with E-state index < -0.39 is 0 Å². The lowest BCUT2D eigenvalue weighted by molar-refractivity contribution is -0.141. The van der Waals surface area contributed by atoms with E-state index in [0.717, 1.165) is 11.2 Å². The van der Waals surface area contributed by atoms with Crippen LogP contribution in [0.5, 0.6) is 0 Å². The molecule has 4 rings (SSSR count). The Labute approximate surface area is 121 Å². The lowest BCUT2D eigenvalue weighted by Crippen LogP contribution is -2.31. The van der Waals surface area contributed by atoms with Crippen molar-refractivity contribution in [1.82, 2.24) is 14.3 Å². The van der Waals surface area contributed by atoms with Gasteiger partial charge in [-0.05, 0) is 24.6 Å².